The van der Waals surface area contributed by atoms with E-state index < -0.39 is 40.9 Å². The minimum atomic E-state index is -4.68. The van der Waals surface area contributed by atoms with Gasteiger partial charge in [0.15, 0.2) is 5.78 Å². The van der Waals surface area contributed by atoms with Crippen LogP contribution in [0.15, 0.2) is 48.5 Å². The van der Waals surface area contributed by atoms with E-state index in [0.29, 0.717) is 12.1 Å². The molecule has 0 unspecified atom stereocenters. The lowest BCUT2D eigenvalue weighted by molar-refractivity contribution is -0.138. The Balaban J connectivity index is 2.34. The average molecular weight is 348 g/mol. The summed E-state index contributed by atoms with van der Waals surface area (Å²) in [7, 11) is 0. The van der Waals surface area contributed by atoms with Gasteiger partial charge >= 0.3 is 12.4 Å². The molecule has 2 nitrogen and oxygen atoms in total. The van der Waals surface area contributed by atoms with Gasteiger partial charge in [0.05, 0.1) is 11.1 Å². The summed E-state index contributed by atoms with van der Waals surface area (Å²) in [6.07, 6.45) is -11.4. The van der Waals surface area contributed by atoms with Crippen molar-refractivity contribution in [2.45, 2.75) is 18.5 Å². The summed E-state index contributed by atoms with van der Waals surface area (Å²) in [5.41, 5.74) is -2.97. The van der Waals surface area contributed by atoms with Crippen LogP contribution in [0.3, 0.4) is 0 Å². The van der Waals surface area contributed by atoms with Crippen LogP contribution in [-0.4, -0.2) is 10.9 Å². The van der Waals surface area contributed by atoms with Crippen molar-refractivity contribution in [2.24, 2.45) is 0 Å². The van der Waals surface area contributed by atoms with Gasteiger partial charge in [0.2, 0.25) is 0 Å². The minimum Gasteiger partial charge on any atom is -0.380 e. The van der Waals surface area contributed by atoms with Gasteiger partial charge in [0, 0.05) is 5.56 Å². The Labute approximate surface area is 132 Å². The predicted octanol–water partition coefficient (Wildman–Crippen LogP) is 4.64. The second-order valence-electron chi connectivity index (χ2n) is 4.97. The maximum absolute atomic E-state index is 12.6. The second-order valence-corrected chi connectivity index (χ2v) is 4.97. The quantitative estimate of drug-likeness (QED) is 0.648. The van der Waals surface area contributed by atoms with E-state index >= 15 is 0 Å². The normalized spacial score (nSPS) is 13.6. The van der Waals surface area contributed by atoms with Crippen molar-refractivity contribution in [1.82, 2.24) is 0 Å². The summed E-state index contributed by atoms with van der Waals surface area (Å²) in [6, 6.07) is 6.74. The monoisotopic (exact) mass is 348 g/mol. The fraction of sp³-hybridized carbons (Fsp3) is 0.188. The molecule has 0 aliphatic rings. The van der Waals surface area contributed by atoms with Crippen LogP contribution in [0.5, 0.6) is 0 Å². The summed E-state index contributed by atoms with van der Waals surface area (Å²) in [5, 5.41) is 9.93. The number of carbonyl (C=O) groups is 1. The Kier molecular flexibility index (Phi) is 4.70. The van der Waals surface area contributed by atoms with Crippen LogP contribution in [0.4, 0.5) is 26.3 Å². The summed E-state index contributed by atoms with van der Waals surface area (Å²) >= 11 is 0. The van der Waals surface area contributed by atoms with Gasteiger partial charge in [-0.25, -0.2) is 0 Å². The van der Waals surface area contributed by atoms with Crippen molar-refractivity contribution in [1.29, 1.82) is 0 Å². The molecule has 0 fully saturated rings. The molecule has 0 saturated heterocycles. The first-order valence-electron chi connectivity index (χ1n) is 6.57. The summed E-state index contributed by atoms with van der Waals surface area (Å²) in [4.78, 5) is 12.1. The number of alkyl halides is 6. The molecule has 0 aliphatic heterocycles. The van der Waals surface area contributed by atoms with Crippen molar-refractivity contribution >= 4 is 5.78 Å². The Hall–Kier alpha value is -2.35. The second kappa shape index (κ2) is 6.27. The summed E-state index contributed by atoms with van der Waals surface area (Å²) in [6.45, 7) is 0. The molecular formula is C16H10F6O2. The molecule has 0 saturated carbocycles. The number of halogens is 6. The molecule has 8 heteroatoms. The molecule has 2 aromatic rings. The third-order valence-corrected chi connectivity index (χ3v) is 3.25. The molecule has 128 valence electrons. The number of hydrogen-bond donors (Lipinski definition) is 1. The number of Topliss-reactive ketones (excluding diaryl/α,β-unsaturated/α-hetero) is 1. The molecule has 0 amide bonds. The topological polar surface area (TPSA) is 37.3 Å². The summed E-state index contributed by atoms with van der Waals surface area (Å²) in [5.74, 6) is -1.12. The maximum atomic E-state index is 12.6. The van der Waals surface area contributed by atoms with Crippen molar-refractivity contribution in [2.75, 3.05) is 0 Å². The van der Waals surface area contributed by atoms with Gasteiger partial charge in [-0.3, -0.25) is 4.79 Å². The van der Waals surface area contributed by atoms with Crippen LogP contribution in [0.1, 0.15) is 33.2 Å². The molecule has 0 bridgehead atoms. The van der Waals surface area contributed by atoms with Crippen LogP contribution in [0, 0.1) is 0 Å². The van der Waals surface area contributed by atoms with Crippen LogP contribution < -0.4 is 0 Å². The molecule has 1 N–H and O–H groups in total. The molecule has 0 heterocycles. The highest BCUT2D eigenvalue weighted by Crippen LogP contribution is 2.33. The van der Waals surface area contributed by atoms with E-state index in [9.17, 15) is 36.2 Å². The smallest absolute Gasteiger partial charge is 0.380 e. The first kappa shape index (κ1) is 18.0. The van der Waals surface area contributed by atoms with Gasteiger partial charge in [-0.1, -0.05) is 24.3 Å². The van der Waals surface area contributed by atoms with E-state index in [2.05, 4.69) is 0 Å². The predicted molar refractivity (Wildman–Crippen MR) is 72.2 cm³/mol. The zero-order valence-corrected chi connectivity index (χ0v) is 11.8. The van der Waals surface area contributed by atoms with Crippen LogP contribution in [0.2, 0.25) is 0 Å². The van der Waals surface area contributed by atoms with Gasteiger partial charge in [-0.05, 0) is 29.8 Å². The number of aliphatic hydroxyl groups excluding tert-OH is 1. The maximum Gasteiger partial charge on any atom is 0.416 e. The molecule has 0 spiro atoms. The van der Waals surface area contributed by atoms with E-state index in [1.54, 1.807) is 0 Å². The third-order valence-electron chi connectivity index (χ3n) is 3.25. The van der Waals surface area contributed by atoms with E-state index in [1.165, 1.54) is 0 Å². The van der Waals surface area contributed by atoms with Crippen LogP contribution >= 0.6 is 0 Å². The molecule has 0 radical (unpaired) electrons. The Morgan fingerprint density at radius 3 is 1.88 bits per heavy atom. The Morgan fingerprint density at radius 2 is 1.33 bits per heavy atom. The number of carbonyl (C=O) groups excluding carboxylic acids is 1. The number of hydrogen-bond acceptors (Lipinski definition) is 2. The molecule has 24 heavy (non-hydrogen) atoms. The lowest BCUT2D eigenvalue weighted by atomic mass is 9.97. The largest absolute Gasteiger partial charge is 0.416 e. The highest BCUT2D eigenvalue weighted by molar-refractivity contribution is 6.00. The lowest BCUT2D eigenvalue weighted by Crippen LogP contribution is -2.15. The van der Waals surface area contributed by atoms with Gasteiger partial charge < -0.3 is 5.11 Å². The van der Waals surface area contributed by atoms with Crippen molar-refractivity contribution < 1.29 is 36.2 Å². The average Bonchev–Trinajstić information content (AvgIpc) is 2.52. The van der Waals surface area contributed by atoms with Gasteiger partial charge in [-0.2, -0.15) is 26.3 Å². The number of rotatable bonds is 3. The first-order chi connectivity index (χ1) is 11.0. The fourth-order valence-electron chi connectivity index (χ4n) is 2.04. The van der Waals surface area contributed by atoms with Crippen molar-refractivity contribution in [3.05, 3.63) is 70.8 Å². The van der Waals surface area contributed by atoms with Gasteiger partial charge in [-0.15, -0.1) is 0 Å². The number of aliphatic hydroxyl groups is 1. The zero-order valence-electron chi connectivity index (χ0n) is 11.8. The fourth-order valence-corrected chi connectivity index (χ4v) is 2.04. The lowest BCUT2D eigenvalue weighted by Gasteiger charge is -2.14. The highest BCUT2D eigenvalue weighted by Gasteiger charge is 2.33. The first-order valence-corrected chi connectivity index (χ1v) is 6.57. The van der Waals surface area contributed by atoms with Crippen molar-refractivity contribution in [3.63, 3.8) is 0 Å². The zero-order chi connectivity index (χ0) is 18.1. The van der Waals surface area contributed by atoms with Gasteiger partial charge in [0.25, 0.3) is 0 Å². The van der Waals surface area contributed by atoms with E-state index in [-0.39, 0.29) is 5.56 Å². The van der Waals surface area contributed by atoms with E-state index in [1.807, 2.05) is 0 Å². The molecule has 2 rings (SSSR count). The number of ketones is 1. The number of benzene rings is 2. The minimum absolute atomic E-state index is 0.354. The molecule has 2 aromatic carbocycles. The third kappa shape index (κ3) is 3.94. The SMILES string of the molecule is O=C(c1cccc(C(F)(F)F)c1)[C@H](O)c1cccc(C(F)(F)F)c1. The Morgan fingerprint density at radius 1 is 0.833 bits per heavy atom. The van der Waals surface area contributed by atoms with Gasteiger partial charge in [0.1, 0.15) is 6.10 Å². The van der Waals surface area contributed by atoms with Crippen LogP contribution in [-0.2, 0) is 12.4 Å². The molecular weight excluding hydrogens is 338 g/mol. The summed E-state index contributed by atoms with van der Waals surface area (Å²) < 4.78 is 75.9. The van der Waals surface area contributed by atoms with E-state index in [4.69, 9.17) is 0 Å². The highest BCUT2D eigenvalue weighted by atomic mass is 19.4. The molecule has 0 aliphatic carbocycles. The van der Waals surface area contributed by atoms with E-state index in [0.717, 1.165) is 36.4 Å². The Bertz CT molecular complexity index is 749. The van der Waals surface area contributed by atoms with Crippen LogP contribution in [0.25, 0.3) is 0 Å². The van der Waals surface area contributed by atoms with Crippen molar-refractivity contribution in [3.8, 4) is 0 Å². The molecule has 0 aromatic heterocycles. The standard InChI is InChI=1S/C16H10F6O2/c17-15(18,19)11-5-1-3-9(7-11)13(23)14(24)10-4-2-6-12(8-10)16(20,21)22/h1-8,13,23H/t13-/m1/s1. The molecule has 1 atom stereocenters.